The van der Waals surface area contributed by atoms with Gasteiger partial charge >= 0.3 is 0 Å². The zero-order valence-corrected chi connectivity index (χ0v) is 12.4. The smallest absolute Gasteiger partial charge is 0.273 e. The summed E-state index contributed by atoms with van der Waals surface area (Å²) in [6, 6.07) is 4.93. The Kier molecular flexibility index (Phi) is 4.42. The number of hydrogen-bond donors (Lipinski definition) is 2. The molecular weight excluding hydrogens is 270 g/mol. The van der Waals surface area contributed by atoms with Gasteiger partial charge in [0.2, 0.25) is 0 Å². The minimum atomic E-state index is -0.388. The van der Waals surface area contributed by atoms with E-state index in [2.05, 4.69) is 15.7 Å². The lowest BCUT2D eigenvalue weighted by atomic mass is 10.2. The molecule has 0 radical (unpaired) electrons. The first kappa shape index (κ1) is 14.8. The summed E-state index contributed by atoms with van der Waals surface area (Å²) in [6.07, 6.45) is 1.94. The highest BCUT2D eigenvalue weighted by Gasteiger charge is 2.10. The van der Waals surface area contributed by atoms with Crippen molar-refractivity contribution in [3.63, 3.8) is 0 Å². The summed E-state index contributed by atoms with van der Waals surface area (Å²) in [5.41, 5.74) is 3.52. The lowest BCUT2D eigenvalue weighted by Crippen LogP contribution is -2.03. The fraction of sp³-hybridized carbons (Fsp3) is 0.357. The molecule has 0 spiro atoms. The van der Waals surface area contributed by atoms with Crippen LogP contribution in [0.2, 0.25) is 0 Å². The number of hydrogen-bond acceptors (Lipinski definition) is 5. The number of rotatable bonds is 6. The number of nitro benzene ring substituents is 1. The van der Waals surface area contributed by atoms with Crippen molar-refractivity contribution in [3.05, 3.63) is 45.8 Å². The van der Waals surface area contributed by atoms with Gasteiger partial charge in [-0.2, -0.15) is 5.10 Å². The molecule has 0 aliphatic rings. The van der Waals surface area contributed by atoms with Crippen molar-refractivity contribution in [2.24, 2.45) is 7.05 Å². The van der Waals surface area contributed by atoms with Crippen LogP contribution in [0.5, 0.6) is 0 Å². The maximum absolute atomic E-state index is 11.0. The van der Waals surface area contributed by atoms with Crippen LogP contribution in [0.25, 0.3) is 0 Å². The van der Waals surface area contributed by atoms with E-state index in [4.69, 9.17) is 0 Å². The molecule has 1 aromatic carbocycles. The largest absolute Gasteiger partial charge is 0.385 e. The second-order valence-corrected chi connectivity index (χ2v) is 4.82. The second-order valence-electron chi connectivity index (χ2n) is 4.82. The monoisotopic (exact) mass is 289 g/mol. The molecule has 0 atom stereocenters. The number of aryl methyl sites for hydroxylation is 2. The Bertz CT molecular complexity index is 651. The molecule has 0 amide bonds. The van der Waals surface area contributed by atoms with Gasteiger partial charge in [-0.25, -0.2) is 0 Å². The quantitative estimate of drug-likeness (QED) is 0.631. The first-order valence-electron chi connectivity index (χ1n) is 6.76. The number of nitrogens with one attached hydrogen (secondary N) is 2. The SMILES string of the molecule is CCNc1cc(NCc2cn(C)nc2C)cc([N+](=O)[O-])c1. The minimum Gasteiger partial charge on any atom is -0.385 e. The topological polar surface area (TPSA) is 85.0 Å². The van der Waals surface area contributed by atoms with Gasteiger partial charge in [-0.3, -0.25) is 14.8 Å². The first-order chi connectivity index (χ1) is 9.99. The van der Waals surface area contributed by atoms with Gasteiger partial charge in [0, 0.05) is 55.4 Å². The van der Waals surface area contributed by atoms with Crippen LogP contribution in [-0.2, 0) is 13.6 Å². The molecule has 0 saturated heterocycles. The molecule has 21 heavy (non-hydrogen) atoms. The van der Waals surface area contributed by atoms with E-state index in [9.17, 15) is 10.1 Å². The Hall–Kier alpha value is -2.57. The number of aromatic nitrogens is 2. The molecule has 2 aromatic rings. The van der Waals surface area contributed by atoms with Crippen molar-refractivity contribution in [3.8, 4) is 0 Å². The van der Waals surface area contributed by atoms with Crippen molar-refractivity contribution in [1.82, 2.24) is 9.78 Å². The molecule has 1 heterocycles. The molecule has 0 aliphatic carbocycles. The van der Waals surface area contributed by atoms with Gasteiger partial charge in [-0.1, -0.05) is 0 Å². The third-order valence-electron chi connectivity index (χ3n) is 3.11. The van der Waals surface area contributed by atoms with Gasteiger partial charge < -0.3 is 10.6 Å². The average molecular weight is 289 g/mol. The van der Waals surface area contributed by atoms with E-state index >= 15 is 0 Å². The minimum absolute atomic E-state index is 0.0684. The Morgan fingerprint density at radius 1 is 1.29 bits per heavy atom. The first-order valence-corrected chi connectivity index (χ1v) is 6.76. The van der Waals surface area contributed by atoms with Gasteiger partial charge in [0.1, 0.15) is 0 Å². The van der Waals surface area contributed by atoms with Crippen molar-refractivity contribution in [2.75, 3.05) is 17.2 Å². The molecular formula is C14H19N5O2. The van der Waals surface area contributed by atoms with E-state index in [1.54, 1.807) is 4.68 Å². The zero-order valence-electron chi connectivity index (χ0n) is 12.4. The predicted molar refractivity (Wildman–Crippen MR) is 82.5 cm³/mol. The van der Waals surface area contributed by atoms with E-state index in [0.717, 1.165) is 16.9 Å². The van der Waals surface area contributed by atoms with Crippen LogP contribution in [0.15, 0.2) is 24.4 Å². The van der Waals surface area contributed by atoms with Gasteiger partial charge in [0.25, 0.3) is 5.69 Å². The Morgan fingerprint density at radius 2 is 1.95 bits per heavy atom. The summed E-state index contributed by atoms with van der Waals surface area (Å²) in [4.78, 5) is 10.6. The van der Waals surface area contributed by atoms with Crippen molar-refractivity contribution < 1.29 is 4.92 Å². The van der Waals surface area contributed by atoms with Gasteiger partial charge in [-0.05, 0) is 19.9 Å². The number of nitrogens with zero attached hydrogens (tertiary/aromatic N) is 3. The highest BCUT2D eigenvalue weighted by atomic mass is 16.6. The van der Waals surface area contributed by atoms with Crippen LogP contribution in [0.3, 0.4) is 0 Å². The van der Waals surface area contributed by atoms with E-state index in [1.165, 1.54) is 12.1 Å². The molecule has 0 aliphatic heterocycles. The third-order valence-corrected chi connectivity index (χ3v) is 3.11. The van der Waals surface area contributed by atoms with Gasteiger partial charge in [0.05, 0.1) is 10.6 Å². The molecule has 0 fully saturated rings. The third kappa shape index (κ3) is 3.71. The van der Waals surface area contributed by atoms with E-state index in [0.29, 0.717) is 18.8 Å². The number of benzene rings is 1. The van der Waals surface area contributed by atoms with Crippen molar-refractivity contribution in [2.45, 2.75) is 20.4 Å². The summed E-state index contributed by atoms with van der Waals surface area (Å²) >= 11 is 0. The molecule has 112 valence electrons. The number of nitro groups is 1. The lowest BCUT2D eigenvalue weighted by Gasteiger charge is -2.09. The molecule has 0 unspecified atom stereocenters. The van der Waals surface area contributed by atoms with Crippen LogP contribution in [0.4, 0.5) is 17.1 Å². The van der Waals surface area contributed by atoms with Gasteiger partial charge in [0.15, 0.2) is 0 Å². The predicted octanol–water partition coefficient (Wildman–Crippen LogP) is 2.68. The average Bonchev–Trinajstić information content (AvgIpc) is 2.75. The molecule has 0 bridgehead atoms. The Balaban J connectivity index is 2.18. The maximum atomic E-state index is 11.0. The number of non-ortho nitro benzene ring substituents is 1. The lowest BCUT2D eigenvalue weighted by molar-refractivity contribution is -0.384. The fourth-order valence-electron chi connectivity index (χ4n) is 2.14. The van der Waals surface area contributed by atoms with E-state index in [-0.39, 0.29) is 10.6 Å². The molecule has 0 saturated carbocycles. The maximum Gasteiger partial charge on any atom is 0.273 e. The molecule has 7 nitrogen and oxygen atoms in total. The summed E-state index contributed by atoms with van der Waals surface area (Å²) in [5, 5.41) is 21.6. The molecule has 7 heteroatoms. The molecule has 2 N–H and O–H groups in total. The van der Waals surface area contributed by atoms with Crippen LogP contribution in [0, 0.1) is 17.0 Å². The standard InChI is InChI=1S/C14H19N5O2/c1-4-15-12-5-13(7-14(6-12)19(20)21)16-8-11-9-18(3)17-10(11)2/h5-7,9,15-16H,4,8H2,1-3H3. The van der Waals surface area contributed by atoms with Crippen molar-refractivity contribution >= 4 is 17.1 Å². The van der Waals surface area contributed by atoms with Gasteiger partial charge in [-0.15, -0.1) is 0 Å². The van der Waals surface area contributed by atoms with Crippen LogP contribution >= 0.6 is 0 Å². The summed E-state index contributed by atoms with van der Waals surface area (Å²) < 4.78 is 1.75. The number of anilines is 2. The summed E-state index contributed by atoms with van der Waals surface area (Å²) in [6.45, 7) is 5.17. The summed E-state index contributed by atoms with van der Waals surface area (Å²) in [5.74, 6) is 0. The zero-order chi connectivity index (χ0) is 15.4. The van der Waals surface area contributed by atoms with Crippen LogP contribution in [-0.4, -0.2) is 21.2 Å². The second kappa shape index (κ2) is 6.25. The molecule has 1 aromatic heterocycles. The van der Waals surface area contributed by atoms with Crippen molar-refractivity contribution in [1.29, 1.82) is 0 Å². The highest BCUT2D eigenvalue weighted by Crippen LogP contribution is 2.24. The molecule has 2 rings (SSSR count). The normalized spacial score (nSPS) is 10.4. The van der Waals surface area contributed by atoms with E-state index in [1.807, 2.05) is 33.2 Å². The van der Waals surface area contributed by atoms with Crippen LogP contribution in [0.1, 0.15) is 18.2 Å². The Labute approximate surface area is 123 Å². The van der Waals surface area contributed by atoms with Crippen LogP contribution < -0.4 is 10.6 Å². The highest BCUT2D eigenvalue weighted by molar-refractivity contribution is 5.63. The van der Waals surface area contributed by atoms with E-state index < -0.39 is 0 Å². The Morgan fingerprint density at radius 3 is 2.48 bits per heavy atom. The fourth-order valence-corrected chi connectivity index (χ4v) is 2.14. The summed E-state index contributed by atoms with van der Waals surface area (Å²) in [7, 11) is 1.87.